The maximum absolute atomic E-state index is 13.0. The van der Waals surface area contributed by atoms with E-state index in [4.69, 9.17) is 0 Å². The highest BCUT2D eigenvalue weighted by atomic mass is 32.2. The topological polar surface area (TPSA) is 78.1 Å². The molecule has 1 heterocycles. The molecule has 0 atom stereocenters. The van der Waals surface area contributed by atoms with Crippen molar-refractivity contribution in [3.05, 3.63) is 11.4 Å². The number of nitrogens with one attached hydrogen (secondary N) is 2. The highest BCUT2D eigenvalue weighted by Crippen LogP contribution is 2.24. The molecule has 1 aromatic rings. The molecule has 6 nitrogen and oxygen atoms in total. The predicted octanol–water partition coefficient (Wildman–Crippen LogP) is 1.74. The van der Waals surface area contributed by atoms with Gasteiger partial charge in [-0.25, -0.2) is 8.42 Å². The number of sulfonamides is 1. The summed E-state index contributed by atoms with van der Waals surface area (Å²) in [5.74, 6) is 0.553. The second kappa shape index (κ2) is 7.38. The molecule has 0 bridgehead atoms. The summed E-state index contributed by atoms with van der Waals surface area (Å²) in [6, 6.07) is 0. The zero-order valence-electron chi connectivity index (χ0n) is 13.9. The van der Waals surface area contributed by atoms with Crippen LogP contribution in [0.4, 0.5) is 0 Å². The molecular weight excluding hydrogens is 288 g/mol. The van der Waals surface area contributed by atoms with E-state index in [2.05, 4.69) is 15.5 Å². The average Bonchev–Trinajstić information content (AvgIpc) is 2.69. The van der Waals surface area contributed by atoms with Gasteiger partial charge in [0.2, 0.25) is 10.0 Å². The SMILES string of the molecule is CNCc1n[nH]c(C)c1S(=O)(=O)N(CC(C)C)CC(C)C. The van der Waals surface area contributed by atoms with E-state index in [9.17, 15) is 8.42 Å². The third-order valence-corrected chi connectivity index (χ3v) is 5.08. The first-order valence-corrected chi connectivity index (χ1v) is 8.82. The van der Waals surface area contributed by atoms with Crippen molar-refractivity contribution in [2.75, 3.05) is 20.1 Å². The Morgan fingerprint density at radius 1 is 1.19 bits per heavy atom. The number of hydrogen-bond acceptors (Lipinski definition) is 4. The Hall–Kier alpha value is -0.920. The van der Waals surface area contributed by atoms with E-state index < -0.39 is 10.0 Å². The quantitative estimate of drug-likeness (QED) is 0.766. The Morgan fingerprint density at radius 2 is 1.71 bits per heavy atom. The molecule has 2 N–H and O–H groups in total. The van der Waals surface area contributed by atoms with Crippen LogP contribution in [0.2, 0.25) is 0 Å². The minimum atomic E-state index is -3.53. The van der Waals surface area contributed by atoms with Crippen LogP contribution in [0, 0.1) is 18.8 Å². The van der Waals surface area contributed by atoms with Crippen molar-refractivity contribution in [2.24, 2.45) is 11.8 Å². The van der Waals surface area contributed by atoms with Crippen LogP contribution in [-0.2, 0) is 16.6 Å². The molecule has 0 aliphatic carbocycles. The van der Waals surface area contributed by atoms with Crippen LogP contribution in [0.5, 0.6) is 0 Å². The molecule has 0 saturated carbocycles. The highest BCUT2D eigenvalue weighted by Gasteiger charge is 2.31. The van der Waals surface area contributed by atoms with Crippen molar-refractivity contribution < 1.29 is 8.42 Å². The zero-order chi connectivity index (χ0) is 16.2. The van der Waals surface area contributed by atoms with Gasteiger partial charge in [-0.3, -0.25) is 5.10 Å². The Morgan fingerprint density at radius 3 is 2.14 bits per heavy atom. The van der Waals surface area contributed by atoms with Gasteiger partial charge in [0.25, 0.3) is 0 Å². The molecule has 21 heavy (non-hydrogen) atoms. The van der Waals surface area contributed by atoms with Crippen LogP contribution in [0.15, 0.2) is 4.90 Å². The number of nitrogens with zero attached hydrogens (tertiary/aromatic N) is 2. The molecule has 0 unspecified atom stereocenters. The van der Waals surface area contributed by atoms with E-state index >= 15 is 0 Å². The predicted molar refractivity (Wildman–Crippen MR) is 84.5 cm³/mol. The minimum absolute atomic E-state index is 0.276. The van der Waals surface area contributed by atoms with Crippen molar-refractivity contribution in [3.63, 3.8) is 0 Å². The van der Waals surface area contributed by atoms with Crippen LogP contribution in [0.25, 0.3) is 0 Å². The Bertz CT molecular complexity index is 539. The standard InChI is InChI=1S/C14H28N4O2S/c1-10(2)8-18(9-11(3)4)21(19,20)14-12(5)16-17-13(14)7-15-6/h10-11,15H,7-9H2,1-6H3,(H,16,17). The van der Waals surface area contributed by atoms with Crippen molar-refractivity contribution in [2.45, 2.75) is 46.1 Å². The van der Waals surface area contributed by atoms with Crippen molar-refractivity contribution in [1.82, 2.24) is 19.8 Å². The summed E-state index contributed by atoms with van der Waals surface area (Å²) >= 11 is 0. The van der Waals surface area contributed by atoms with Gasteiger partial charge in [-0.1, -0.05) is 27.7 Å². The number of aromatic nitrogens is 2. The lowest BCUT2D eigenvalue weighted by Crippen LogP contribution is -2.37. The Kier molecular flexibility index (Phi) is 6.37. The molecule has 0 amide bonds. The molecule has 0 fully saturated rings. The lowest BCUT2D eigenvalue weighted by atomic mass is 10.2. The molecule has 1 aromatic heterocycles. The molecule has 0 aliphatic rings. The number of aryl methyl sites for hydroxylation is 1. The molecule has 7 heteroatoms. The molecule has 0 aliphatic heterocycles. The van der Waals surface area contributed by atoms with E-state index in [0.717, 1.165) is 0 Å². The monoisotopic (exact) mass is 316 g/mol. The highest BCUT2D eigenvalue weighted by molar-refractivity contribution is 7.89. The number of aromatic amines is 1. The van der Waals surface area contributed by atoms with Gasteiger partial charge < -0.3 is 5.32 Å². The second-order valence-corrected chi connectivity index (χ2v) is 8.14. The summed E-state index contributed by atoms with van der Waals surface area (Å²) in [6.45, 7) is 11.3. The minimum Gasteiger partial charge on any atom is -0.314 e. The summed E-state index contributed by atoms with van der Waals surface area (Å²) in [6.07, 6.45) is 0. The van der Waals surface area contributed by atoms with Gasteiger partial charge in [0.15, 0.2) is 0 Å². The molecule has 0 saturated heterocycles. The van der Waals surface area contributed by atoms with Gasteiger partial charge in [0.05, 0.1) is 11.4 Å². The number of rotatable bonds is 8. The summed E-state index contributed by atoms with van der Waals surface area (Å²) in [5.41, 5.74) is 1.14. The van der Waals surface area contributed by atoms with E-state index in [1.165, 1.54) is 0 Å². The maximum atomic E-state index is 13.0. The van der Waals surface area contributed by atoms with Crippen LogP contribution in [0.3, 0.4) is 0 Å². The summed E-state index contributed by atoms with van der Waals surface area (Å²) in [5, 5.41) is 9.88. The molecule has 0 spiro atoms. The van der Waals surface area contributed by atoms with E-state index in [1.807, 2.05) is 27.7 Å². The zero-order valence-corrected chi connectivity index (χ0v) is 14.7. The summed E-state index contributed by atoms with van der Waals surface area (Å²) in [4.78, 5) is 0.318. The molecule has 122 valence electrons. The fourth-order valence-corrected chi connectivity index (χ4v) is 4.41. The summed E-state index contributed by atoms with van der Waals surface area (Å²) < 4.78 is 27.6. The molecule has 1 rings (SSSR count). The second-order valence-electron chi connectivity index (χ2n) is 6.26. The van der Waals surface area contributed by atoms with E-state index in [-0.39, 0.29) is 11.8 Å². The molecule has 0 radical (unpaired) electrons. The van der Waals surface area contributed by atoms with Gasteiger partial charge in [-0.2, -0.15) is 9.40 Å². The third kappa shape index (κ3) is 4.52. The van der Waals surface area contributed by atoms with Crippen LogP contribution in [-0.4, -0.2) is 43.1 Å². The Labute approximate surface area is 128 Å². The first-order chi connectivity index (χ1) is 9.70. The number of hydrogen-bond donors (Lipinski definition) is 2. The fraction of sp³-hybridized carbons (Fsp3) is 0.786. The summed E-state index contributed by atoms with van der Waals surface area (Å²) in [7, 11) is -1.75. The van der Waals surface area contributed by atoms with Gasteiger partial charge in [0, 0.05) is 19.6 Å². The number of H-pyrrole nitrogens is 1. The fourth-order valence-electron chi connectivity index (χ4n) is 2.31. The van der Waals surface area contributed by atoms with Crippen LogP contribution < -0.4 is 5.32 Å². The molecule has 0 aromatic carbocycles. The lowest BCUT2D eigenvalue weighted by Gasteiger charge is -2.25. The van der Waals surface area contributed by atoms with Crippen LogP contribution >= 0.6 is 0 Å². The van der Waals surface area contributed by atoms with E-state index in [0.29, 0.717) is 35.9 Å². The first-order valence-electron chi connectivity index (χ1n) is 7.38. The van der Waals surface area contributed by atoms with Crippen molar-refractivity contribution in [1.29, 1.82) is 0 Å². The third-order valence-electron chi connectivity index (χ3n) is 3.04. The van der Waals surface area contributed by atoms with Crippen LogP contribution in [0.1, 0.15) is 39.1 Å². The van der Waals surface area contributed by atoms with Gasteiger partial charge in [-0.15, -0.1) is 0 Å². The first kappa shape index (κ1) is 18.1. The maximum Gasteiger partial charge on any atom is 0.246 e. The smallest absolute Gasteiger partial charge is 0.246 e. The normalized spacial score (nSPS) is 12.8. The van der Waals surface area contributed by atoms with Gasteiger partial charge in [-0.05, 0) is 25.8 Å². The lowest BCUT2D eigenvalue weighted by molar-refractivity contribution is 0.333. The largest absolute Gasteiger partial charge is 0.314 e. The van der Waals surface area contributed by atoms with Gasteiger partial charge in [0.1, 0.15) is 4.90 Å². The Balaban J connectivity index is 3.24. The van der Waals surface area contributed by atoms with Crippen molar-refractivity contribution in [3.8, 4) is 0 Å². The van der Waals surface area contributed by atoms with Gasteiger partial charge >= 0.3 is 0 Å². The average molecular weight is 316 g/mol. The molecular formula is C14H28N4O2S. The van der Waals surface area contributed by atoms with Crippen molar-refractivity contribution >= 4 is 10.0 Å². The van der Waals surface area contributed by atoms with E-state index in [1.54, 1.807) is 18.3 Å².